The zero-order chi connectivity index (χ0) is 13.1. The van der Waals surface area contributed by atoms with Crippen LogP contribution in [-0.2, 0) is 0 Å². The van der Waals surface area contributed by atoms with Gasteiger partial charge in [-0.25, -0.2) is 9.37 Å². The minimum absolute atomic E-state index is 0.397. The number of hydrogen-bond donors (Lipinski definition) is 1. The predicted octanol–water partition coefficient (Wildman–Crippen LogP) is 2.32. The maximum absolute atomic E-state index is 13.3. The lowest BCUT2D eigenvalue weighted by Crippen LogP contribution is -2.16. The first-order valence-corrected chi connectivity index (χ1v) is 5.12. The molecular weight excluding hydrogens is 240 g/mol. The number of aromatic nitrogens is 2. The molecule has 92 valence electrons. The van der Waals surface area contributed by atoms with Crippen LogP contribution >= 0.6 is 0 Å². The van der Waals surface area contributed by atoms with Crippen molar-refractivity contribution >= 4 is 11.6 Å². The van der Waals surface area contributed by atoms with E-state index in [-0.39, 0.29) is 0 Å². The molecule has 0 saturated carbocycles. The number of nitrogens with zero attached hydrogens (tertiary/aromatic N) is 2. The Labute approximate surface area is 102 Å². The topological polar surface area (TPSA) is 54.9 Å². The van der Waals surface area contributed by atoms with Crippen LogP contribution < -0.4 is 5.32 Å². The van der Waals surface area contributed by atoms with Gasteiger partial charge in [0.15, 0.2) is 5.82 Å². The van der Waals surface area contributed by atoms with Crippen molar-refractivity contribution in [2.75, 3.05) is 5.32 Å². The highest BCUT2D eigenvalue weighted by molar-refractivity contribution is 6.04. The van der Waals surface area contributed by atoms with Crippen molar-refractivity contribution in [3.8, 4) is 0 Å². The standard InChI is InChI=1S/C12H9F2N3O/c1-7-9(3-2-5-15-7)17-12(18)8-4-6-16-11(14)10(8)13/h2-6H,1H3,(H,17,18). The highest BCUT2D eigenvalue weighted by atomic mass is 19.2. The van der Waals surface area contributed by atoms with E-state index in [1.165, 1.54) is 0 Å². The maximum Gasteiger partial charge on any atom is 0.258 e. The van der Waals surface area contributed by atoms with Gasteiger partial charge < -0.3 is 5.32 Å². The minimum Gasteiger partial charge on any atom is -0.320 e. The fourth-order valence-electron chi connectivity index (χ4n) is 1.40. The average Bonchev–Trinajstić information content (AvgIpc) is 2.35. The normalized spacial score (nSPS) is 10.2. The summed E-state index contributed by atoms with van der Waals surface area (Å²) in [7, 11) is 0. The summed E-state index contributed by atoms with van der Waals surface area (Å²) in [6, 6.07) is 4.36. The van der Waals surface area contributed by atoms with Crippen LogP contribution in [0.25, 0.3) is 0 Å². The third-order valence-electron chi connectivity index (χ3n) is 2.35. The minimum atomic E-state index is -1.30. The van der Waals surface area contributed by atoms with Crippen LogP contribution in [0.5, 0.6) is 0 Å². The fourth-order valence-corrected chi connectivity index (χ4v) is 1.40. The largest absolute Gasteiger partial charge is 0.320 e. The number of pyridine rings is 2. The van der Waals surface area contributed by atoms with Crippen molar-refractivity contribution in [1.82, 2.24) is 9.97 Å². The van der Waals surface area contributed by atoms with Crippen molar-refractivity contribution in [3.63, 3.8) is 0 Å². The quantitative estimate of drug-likeness (QED) is 0.831. The second-order valence-corrected chi connectivity index (χ2v) is 3.55. The van der Waals surface area contributed by atoms with E-state index < -0.39 is 23.2 Å². The Morgan fingerprint density at radius 2 is 2.00 bits per heavy atom. The van der Waals surface area contributed by atoms with E-state index >= 15 is 0 Å². The molecule has 0 atom stereocenters. The molecule has 2 aromatic heterocycles. The number of rotatable bonds is 2. The highest BCUT2D eigenvalue weighted by Gasteiger charge is 2.16. The Hall–Kier alpha value is -2.37. The van der Waals surface area contributed by atoms with Gasteiger partial charge in [0.1, 0.15) is 0 Å². The summed E-state index contributed by atoms with van der Waals surface area (Å²) in [4.78, 5) is 18.8. The van der Waals surface area contributed by atoms with Crippen LogP contribution in [0.3, 0.4) is 0 Å². The molecule has 2 aromatic rings. The molecular formula is C12H9F2N3O. The fraction of sp³-hybridized carbons (Fsp3) is 0.0833. The van der Waals surface area contributed by atoms with E-state index in [0.29, 0.717) is 11.4 Å². The molecule has 0 saturated heterocycles. The maximum atomic E-state index is 13.3. The molecule has 6 heteroatoms. The molecule has 18 heavy (non-hydrogen) atoms. The van der Waals surface area contributed by atoms with Crippen molar-refractivity contribution in [2.45, 2.75) is 6.92 Å². The molecule has 2 rings (SSSR count). The van der Waals surface area contributed by atoms with Gasteiger partial charge in [-0.05, 0) is 25.1 Å². The molecule has 2 heterocycles. The number of amides is 1. The molecule has 0 radical (unpaired) electrons. The first-order valence-electron chi connectivity index (χ1n) is 5.12. The van der Waals surface area contributed by atoms with Gasteiger partial charge in [-0.2, -0.15) is 4.39 Å². The lowest BCUT2D eigenvalue weighted by atomic mass is 10.2. The Morgan fingerprint density at radius 3 is 2.72 bits per heavy atom. The lowest BCUT2D eigenvalue weighted by molar-refractivity contribution is 0.102. The van der Waals surface area contributed by atoms with Crippen LogP contribution in [0.2, 0.25) is 0 Å². The molecule has 0 unspecified atom stereocenters. The zero-order valence-corrected chi connectivity index (χ0v) is 9.45. The van der Waals surface area contributed by atoms with E-state index in [9.17, 15) is 13.6 Å². The Balaban J connectivity index is 2.28. The van der Waals surface area contributed by atoms with E-state index in [0.717, 1.165) is 12.3 Å². The summed E-state index contributed by atoms with van der Waals surface area (Å²) < 4.78 is 26.2. The SMILES string of the molecule is Cc1ncccc1NC(=O)c1ccnc(F)c1F. The van der Waals surface area contributed by atoms with E-state index in [1.807, 2.05) is 0 Å². The van der Waals surface area contributed by atoms with Crippen LogP contribution in [0.15, 0.2) is 30.6 Å². The van der Waals surface area contributed by atoms with E-state index in [2.05, 4.69) is 15.3 Å². The molecule has 0 aliphatic heterocycles. The zero-order valence-electron chi connectivity index (χ0n) is 9.45. The Kier molecular flexibility index (Phi) is 3.27. The molecule has 1 N–H and O–H groups in total. The van der Waals surface area contributed by atoms with Crippen LogP contribution in [0.1, 0.15) is 16.1 Å². The van der Waals surface area contributed by atoms with Gasteiger partial charge >= 0.3 is 0 Å². The predicted molar refractivity (Wildman–Crippen MR) is 61.1 cm³/mol. The van der Waals surface area contributed by atoms with E-state index in [4.69, 9.17) is 0 Å². The van der Waals surface area contributed by atoms with Gasteiger partial charge in [0.25, 0.3) is 5.91 Å². The van der Waals surface area contributed by atoms with Gasteiger partial charge in [0.05, 0.1) is 16.9 Å². The van der Waals surface area contributed by atoms with Gasteiger partial charge in [-0.3, -0.25) is 9.78 Å². The number of anilines is 1. The summed E-state index contributed by atoms with van der Waals surface area (Å²) in [5, 5.41) is 2.46. The molecule has 4 nitrogen and oxygen atoms in total. The lowest BCUT2D eigenvalue weighted by Gasteiger charge is -2.07. The summed E-state index contributed by atoms with van der Waals surface area (Å²) in [6.07, 6.45) is 2.60. The third kappa shape index (κ3) is 2.32. The summed E-state index contributed by atoms with van der Waals surface area (Å²) >= 11 is 0. The van der Waals surface area contributed by atoms with Gasteiger partial charge in [-0.15, -0.1) is 0 Å². The third-order valence-corrected chi connectivity index (χ3v) is 2.35. The Bertz CT molecular complexity index is 602. The Morgan fingerprint density at radius 1 is 1.22 bits per heavy atom. The molecule has 0 bridgehead atoms. The van der Waals surface area contributed by atoms with Gasteiger partial charge in [0.2, 0.25) is 5.95 Å². The van der Waals surface area contributed by atoms with Crippen molar-refractivity contribution < 1.29 is 13.6 Å². The molecule has 0 aliphatic carbocycles. The average molecular weight is 249 g/mol. The van der Waals surface area contributed by atoms with Gasteiger partial charge in [-0.1, -0.05) is 0 Å². The molecule has 0 spiro atoms. The smallest absolute Gasteiger partial charge is 0.258 e. The molecule has 0 fully saturated rings. The summed E-state index contributed by atoms with van der Waals surface area (Å²) in [5.74, 6) is -3.31. The summed E-state index contributed by atoms with van der Waals surface area (Å²) in [6.45, 7) is 1.69. The van der Waals surface area contributed by atoms with Crippen LogP contribution in [0.4, 0.5) is 14.5 Å². The molecule has 0 aliphatic rings. The van der Waals surface area contributed by atoms with Crippen molar-refractivity contribution in [3.05, 3.63) is 53.6 Å². The van der Waals surface area contributed by atoms with Crippen molar-refractivity contribution in [1.29, 1.82) is 0 Å². The number of carbonyl (C=O) groups excluding carboxylic acids is 1. The van der Waals surface area contributed by atoms with Gasteiger partial charge in [0, 0.05) is 12.4 Å². The molecule has 1 amide bonds. The monoisotopic (exact) mass is 249 g/mol. The first kappa shape index (κ1) is 12.1. The van der Waals surface area contributed by atoms with Crippen LogP contribution in [0, 0.1) is 18.7 Å². The highest BCUT2D eigenvalue weighted by Crippen LogP contribution is 2.14. The van der Waals surface area contributed by atoms with Crippen LogP contribution in [-0.4, -0.2) is 15.9 Å². The number of nitrogens with one attached hydrogen (secondary N) is 1. The van der Waals surface area contributed by atoms with Crippen molar-refractivity contribution in [2.24, 2.45) is 0 Å². The number of hydrogen-bond acceptors (Lipinski definition) is 3. The number of aryl methyl sites for hydroxylation is 1. The number of halogens is 2. The summed E-state index contributed by atoms with van der Waals surface area (Å²) in [5.41, 5.74) is 0.630. The molecule has 0 aromatic carbocycles. The second-order valence-electron chi connectivity index (χ2n) is 3.55. The van der Waals surface area contributed by atoms with E-state index in [1.54, 1.807) is 25.3 Å². The first-order chi connectivity index (χ1) is 8.59. The number of carbonyl (C=O) groups is 1. The second kappa shape index (κ2) is 4.87.